The quantitative estimate of drug-likeness (QED) is 0.831. The second-order valence-corrected chi connectivity index (χ2v) is 6.37. The number of carbonyl (C=O) groups is 1. The molecule has 1 aliphatic carbocycles. The van der Waals surface area contributed by atoms with E-state index in [9.17, 15) is 4.79 Å². The van der Waals surface area contributed by atoms with Crippen molar-refractivity contribution in [1.82, 2.24) is 4.90 Å². The first-order valence-electron chi connectivity index (χ1n) is 7.16. The van der Waals surface area contributed by atoms with Crippen molar-refractivity contribution in [2.45, 2.75) is 38.8 Å². The molecule has 0 bridgehead atoms. The van der Waals surface area contributed by atoms with Gasteiger partial charge in [-0.2, -0.15) is 0 Å². The van der Waals surface area contributed by atoms with Crippen LogP contribution in [0, 0.1) is 5.92 Å². The fourth-order valence-corrected chi connectivity index (χ4v) is 3.54. The molecule has 2 aromatic heterocycles. The van der Waals surface area contributed by atoms with E-state index in [1.165, 1.54) is 17.7 Å². The fraction of sp³-hybridized carbons (Fsp3) is 0.438. The molecular weight excluding hydrogens is 270 g/mol. The maximum Gasteiger partial charge on any atom is 0.226 e. The molecule has 2 aromatic rings. The smallest absolute Gasteiger partial charge is 0.226 e. The first kappa shape index (κ1) is 13.4. The van der Waals surface area contributed by atoms with Gasteiger partial charge in [0.15, 0.2) is 0 Å². The molecule has 0 spiro atoms. The number of furan rings is 1. The van der Waals surface area contributed by atoms with Gasteiger partial charge in [-0.15, -0.1) is 11.3 Å². The van der Waals surface area contributed by atoms with E-state index in [-0.39, 0.29) is 11.8 Å². The number of rotatable bonds is 5. The highest BCUT2D eigenvalue weighted by Gasteiger charge is 2.27. The van der Waals surface area contributed by atoms with Crippen LogP contribution in [0.1, 0.15) is 36.3 Å². The molecule has 2 heterocycles. The molecule has 20 heavy (non-hydrogen) atoms. The average molecular weight is 289 g/mol. The third kappa shape index (κ3) is 3.12. The van der Waals surface area contributed by atoms with Crippen LogP contribution in [-0.4, -0.2) is 10.8 Å². The minimum atomic E-state index is 0.213. The lowest BCUT2D eigenvalue weighted by Crippen LogP contribution is -2.34. The number of amides is 1. The zero-order valence-corrected chi connectivity index (χ0v) is 12.3. The van der Waals surface area contributed by atoms with Gasteiger partial charge in [0, 0.05) is 10.8 Å². The van der Waals surface area contributed by atoms with Crippen LogP contribution < -0.4 is 0 Å². The van der Waals surface area contributed by atoms with E-state index >= 15 is 0 Å². The largest absolute Gasteiger partial charge is 0.467 e. The van der Waals surface area contributed by atoms with Crippen molar-refractivity contribution in [3.8, 4) is 0 Å². The predicted octanol–water partition coefficient (Wildman–Crippen LogP) is 4.06. The summed E-state index contributed by atoms with van der Waals surface area (Å²) in [7, 11) is 0. The Balaban J connectivity index is 1.73. The van der Waals surface area contributed by atoms with E-state index in [0.717, 1.165) is 18.6 Å². The molecular formula is C16H19NO2S. The lowest BCUT2D eigenvalue weighted by atomic mass is 10.1. The maximum absolute atomic E-state index is 12.7. The minimum Gasteiger partial charge on any atom is -0.467 e. The van der Waals surface area contributed by atoms with Crippen molar-refractivity contribution in [2.24, 2.45) is 5.92 Å². The maximum atomic E-state index is 12.7. The summed E-state index contributed by atoms with van der Waals surface area (Å²) in [6.45, 7) is 1.26. The lowest BCUT2D eigenvalue weighted by Gasteiger charge is -2.24. The monoisotopic (exact) mass is 289 g/mol. The van der Waals surface area contributed by atoms with Gasteiger partial charge in [-0.05, 0) is 36.4 Å². The molecule has 0 N–H and O–H groups in total. The Morgan fingerprint density at radius 3 is 2.75 bits per heavy atom. The summed E-state index contributed by atoms with van der Waals surface area (Å²) in [6, 6.07) is 7.93. The second-order valence-electron chi connectivity index (χ2n) is 5.33. The number of hydrogen-bond acceptors (Lipinski definition) is 3. The molecule has 3 nitrogen and oxygen atoms in total. The molecule has 1 saturated carbocycles. The van der Waals surface area contributed by atoms with Gasteiger partial charge in [-0.1, -0.05) is 18.9 Å². The number of hydrogen-bond donors (Lipinski definition) is 0. The number of thiophene rings is 1. The predicted molar refractivity (Wildman–Crippen MR) is 79.2 cm³/mol. The molecule has 1 fully saturated rings. The summed E-state index contributed by atoms with van der Waals surface area (Å²) in [6.07, 6.45) is 6.11. The van der Waals surface area contributed by atoms with Crippen LogP contribution in [0.25, 0.3) is 0 Å². The zero-order valence-electron chi connectivity index (χ0n) is 11.5. The van der Waals surface area contributed by atoms with Crippen molar-refractivity contribution in [1.29, 1.82) is 0 Å². The lowest BCUT2D eigenvalue weighted by molar-refractivity contribution is -0.136. The Morgan fingerprint density at radius 1 is 1.25 bits per heavy atom. The average Bonchev–Trinajstić information content (AvgIpc) is 3.20. The Morgan fingerprint density at radius 2 is 2.10 bits per heavy atom. The standard InChI is InChI=1S/C16H19NO2S/c18-16(13-5-1-2-6-13)17(11-14-7-3-9-19-14)12-15-8-4-10-20-15/h3-4,7-10,13H,1-2,5-6,11-12H2. The SMILES string of the molecule is O=C(C1CCCC1)N(Cc1ccco1)Cc1cccs1. The van der Waals surface area contributed by atoms with Crippen LogP contribution in [0.4, 0.5) is 0 Å². The van der Waals surface area contributed by atoms with Crippen molar-refractivity contribution in [3.05, 3.63) is 46.5 Å². The second kappa shape index (κ2) is 6.27. The Hall–Kier alpha value is -1.55. The van der Waals surface area contributed by atoms with Gasteiger partial charge in [0.05, 0.1) is 19.4 Å². The van der Waals surface area contributed by atoms with Gasteiger partial charge in [0.1, 0.15) is 5.76 Å². The summed E-state index contributed by atoms with van der Waals surface area (Å²) < 4.78 is 5.41. The van der Waals surface area contributed by atoms with Gasteiger partial charge in [0.25, 0.3) is 0 Å². The van der Waals surface area contributed by atoms with Crippen LogP contribution in [0.2, 0.25) is 0 Å². The van der Waals surface area contributed by atoms with Gasteiger partial charge in [-0.3, -0.25) is 4.79 Å². The summed E-state index contributed by atoms with van der Waals surface area (Å²) in [5.74, 6) is 1.35. The Bertz CT molecular complexity index is 491. The summed E-state index contributed by atoms with van der Waals surface area (Å²) in [5.41, 5.74) is 0. The van der Waals surface area contributed by atoms with E-state index in [1.807, 2.05) is 23.1 Å². The van der Waals surface area contributed by atoms with Crippen molar-refractivity contribution >= 4 is 17.2 Å². The van der Waals surface area contributed by atoms with E-state index < -0.39 is 0 Å². The van der Waals surface area contributed by atoms with Gasteiger partial charge >= 0.3 is 0 Å². The molecule has 0 aliphatic heterocycles. The summed E-state index contributed by atoms with van der Waals surface area (Å²) >= 11 is 1.70. The first-order chi connectivity index (χ1) is 9.83. The summed E-state index contributed by atoms with van der Waals surface area (Å²) in [5, 5.41) is 2.06. The van der Waals surface area contributed by atoms with Crippen LogP contribution in [0.15, 0.2) is 40.3 Å². The van der Waals surface area contributed by atoms with Gasteiger partial charge in [0.2, 0.25) is 5.91 Å². The molecule has 106 valence electrons. The minimum absolute atomic E-state index is 0.213. The highest BCUT2D eigenvalue weighted by Crippen LogP contribution is 2.28. The first-order valence-corrected chi connectivity index (χ1v) is 8.04. The molecule has 0 unspecified atom stereocenters. The molecule has 3 rings (SSSR count). The molecule has 1 aliphatic rings. The fourth-order valence-electron chi connectivity index (χ4n) is 2.82. The van der Waals surface area contributed by atoms with Gasteiger partial charge in [-0.25, -0.2) is 0 Å². The molecule has 0 atom stereocenters. The third-order valence-corrected chi connectivity index (χ3v) is 4.73. The molecule has 0 radical (unpaired) electrons. The van der Waals surface area contributed by atoms with Crippen molar-refractivity contribution in [2.75, 3.05) is 0 Å². The number of carbonyl (C=O) groups excluding carboxylic acids is 1. The van der Waals surface area contributed by atoms with E-state index in [1.54, 1.807) is 17.6 Å². The van der Waals surface area contributed by atoms with E-state index in [2.05, 4.69) is 11.4 Å². The normalized spacial score (nSPS) is 15.6. The molecule has 0 saturated heterocycles. The van der Waals surface area contributed by atoms with Crippen molar-refractivity contribution < 1.29 is 9.21 Å². The van der Waals surface area contributed by atoms with Crippen LogP contribution in [0.3, 0.4) is 0 Å². The van der Waals surface area contributed by atoms with Gasteiger partial charge < -0.3 is 9.32 Å². The highest BCUT2D eigenvalue weighted by atomic mass is 32.1. The zero-order chi connectivity index (χ0) is 13.8. The Kier molecular flexibility index (Phi) is 4.21. The molecule has 1 amide bonds. The third-order valence-electron chi connectivity index (χ3n) is 3.87. The van der Waals surface area contributed by atoms with Crippen LogP contribution >= 0.6 is 11.3 Å². The van der Waals surface area contributed by atoms with Crippen LogP contribution in [-0.2, 0) is 17.9 Å². The van der Waals surface area contributed by atoms with Crippen LogP contribution in [0.5, 0.6) is 0 Å². The number of nitrogens with zero attached hydrogens (tertiary/aromatic N) is 1. The highest BCUT2D eigenvalue weighted by molar-refractivity contribution is 7.09. The summed E-state index contributed by atoms with van der Waals surface area (Å²) in [4.78, 5) is 15.9. The molecule has 0 aromatic carbocycles. The topological polar surface area (TPSA) is 33.5 Å². The van der Waals surface area contributed by atoms with E-state index in [0.29, 0.717) is 13.1 Å². The Labute approximate surface area is 123 Å². The van der Waals surface area contributed by atoms with Crippen molar-refractivity contribution in [3.63, 3.8) is 0 Å². The molecule has 4 heteroatoms. The van der Waals surface area contributed by atoms with E-state index in [4.69, 9.17) is 4.42 Å².